The summed E-state index contributed by atoms with van der Waals surface area (Å²) in [6.07, 6.45) is 0.856. The summed E-state index contributed by atoms with van der Waals surface area (Å²) in [5, 5.41) is 0. The van der Waals surface area contributed by atoms with Crippen molar-refractivity contribution in [3.05, 3.63) is 93.1 Å². The van der Waals surface area contributed by atoms with Crippen molar-refractivity contribution in [1.82, 2.24) is 9.13 Å². The summed E-state index contributed by atoms with van der Waals surface area (Å²) < 4.78 is 16.3. The molecule has 0 aliphatic rings. The highest BCUT2D eigenvalue weighted by atomic mass is 32.2. The second-order valence-corrected chi connectivity index (χ2v) is 8.67. The molecule has 0 aliphatic heterocycles. The number of hydrogen-bond donors (Lipinski definition) is 0. The van der Waals surface area contributed by atoms with Crippen molar-refractivity contribution in [2.24, 2.45) is 18.5 Å². The van der Waals surface area contributed by atoms with Crippen LogP contribution < -0.4 is 11.2 Å². The summed E-state index contributed by atoms with van der Waals surface area (Å²) in [6.45, 7) is 0. The van der Waals surface area contributed by atoms with Crippen LogP contribution in [0.25, 0.3) is 5.57 Å². The topological polar surface area (TPSA) is 109 Å². The predicted octanol–water partition coefficient (Wildman–Crippen LogP) is 2.36. The molecule has 0 amide bonds. The van der Waals surface area contributed by atoms with Crippen LogP contribution in [0.4, 0.5) is 5.82 Å². The van der Waals surface area contributed by atoms with E-state index in [1.54, 1.807) is 0 Å². The molecule has 0 saturated heterocycles. The molecule has 34 heavy (non-hydrogen) atoms. The average Bonchev–Trinajstić information content (AvgIpc) is 2.88. The third-order valence-corrected chi connectivity index (χ3v) is 6.68. The molecule has 0 bridgehead atoms. The summed E-state index contributed by atoms with van der Waals surface area (Å²) in [5.74, 6) is -1.88. The van der Waals surface area contributed by atoms with E-state index in [4.69, 9.17) is 9.10 Å². The molecule has 0 fully saturated rings. The first-order chi connectivity index (χ1) is 16.3. The highest BCUT2D eigenvalue weighted by molar-refractivity contribution is 7.87. The van der Waals surface area contributed by atoms with Gasteiger partial charge in [-0.1, -0.05) is 36.4 Å². The maximum absolute atomic E-state index is 13.2. The van der Waals surface area contributed by atoms with Gasteiger partial charge in [0.15, 0.2) is 5.82 Å². The van der Waals surface area contributed by atoms with E-state index in [1.165, 1.54) is 14.1 Å². The average molecular weight is 482 g/mol. The van der Waals surface area contributed by atoms with Gasteiger partial charge < -0.3 is 9.47 Å². The highest BCUT2D eigenvalue weighted by Crippen LogP contribution is 2.28. The molecule has 0 radical (unpaired) electrons. The Morgan fingerprint density at radius 2 is 1.38 bits per heavy atom. The zero-order chi connectivity index (χ0) is 24.8. The zero-order valence-corrected chi connectivity index (χ0v) is 19.9. The lowest BCUT2D eigenvalue weighted by atomic mass is 10.1. The van der Waals surface area contributed by atoms with Gasteiger partial charge in [0, 0.05) is 30.0 Å². The molecule has 0 spiro atoms. The van der Waals surface area contributed by atoms with Crippen LogP contribution in [0.2, 0.25) is 0 Å². The van der Waals surface area contributed by atoms with Crippen LogP contribution in [0.3, 0.4) is 0 Å². The molecule has 0 saturated carbocycles. The largest absolute Gasteiger partial charge is 0.466 e. The fourth-order valence-corrected chi connectivity index (χ4v) is 4.82. The molecule has 0 N–H and O–H groups in total. The molecule has 1 aromatic heterocycles. The number of ether oxygens (including phenoxy) is 2. The van der Waals surface area contributed by atoms with Crippen LogP contribution in [0.5, 0.6) is 0 Å². The van der Waals surface area contributed by atoms with E-state index in [0.29, 0.717) is 0 Å². The summed E-state index contributed by atoms with van der Waals surface area (Å²) in [7, 11) is 4.00. The Kier molecular flexibility index (Phi) is 7.75. The second kappa shape index (κ2) is 10.7. The lowest BCUT2D eigenvalue weighted by Gasteiger charge is -2.16. The van der Waals surface area contributed by atoms with Gasteiger partial charge in [-0.2, -0.15) is 4.36 Å². The van der Waals surface area contributed by atoms with E-state index in [0.717, 1.165) is 39.2 Å². The number of aromatic nitrogens is 2. The van der Waals surface area contributed by atoms with E-state index in [2.05, 4.69) is 4.74 Å². The van der Waals surface area contributed by atoms with E-state index in [-0.39, 0.29) is 17.0 Å². The Hall–Kier alpha value is -4.05. The number of nitrogens with zero attached hydrogens (tertiary/aromatic N) is 3. The number of rotatable bonds is 6. The van der Waals surface area contributed by atoms with Gasteiger partial charge in [-0.3, -0.25) is 13.9 Å². The van der Waals surface area contributed by atoms with Crippen molar-refractivity contribution < 1.29 is 19.1 Å². The van der Waals surface area contributed by atoms with E-state index in [9.17, 15) is 19.2 Å². The Bertz CT molecular complexity index is 1360. The standard InChI is InChI=1S/C24H23N3O6S/c1-26-21(25-34(16-11-7-5-8-12-16)17-13-9-6-10-14-17)20(22(29)27(2)24(26)31)18(23(30)33-4)15-19(28)32-3/h5-15H,1-4H3/b18-15-. The van der Waals surface area contributed by atoms with E-state index < -0.39 is 33.9 Å². The third-order valence-electron chi connectivity index (χ3n) is 4.88. The minimum atomic E-state index is -0.971. The summed E-state index contributed by atoms with van der Waals surface area (Å²) in [6, 6.07) is 18.7. The van der Waals surface area contributed by atoms with Crippen molar-refractivity contribution in [2.75, 3.05) is 14.2 Å². The second-order valence-electron chi connectivity index (χ2n) is 6.98. The van der Waals surface area contributed by atoms with Crippen LogP contribution in [0.1, 0.15) is 5.56 Å². The first-order valence-electron chi connectivity index (χ1n) is 10.0. The number of carbonyl (C=O) groups excluding carboxylic acids is 2. The minimum Gasteiger partial charge on any atom is -0.466 e. The molecule has 0 aliphatic carbocycles. The van der Waals surface area contributed by atoms with Crippen LogP contribution in [-0.2, 0) is 43.8 Å². The van der Waals surface area contributed by atoms with Gasteiger partial charge in [-0.25, -0.2) is 14.4 Å². The van der Waals surface area contributed by atoms with Crippen LogP contribution in [0.15, 0.2) is 90.5 Å². The Morgan fingerprint density at radius 1 is 0.853 bits per heavy atom. The summed E-state index contributed by atoms with van der Waals surface area (Å²) in [4.78, 5) is 52.3. The van der Waals surface area contributed by atoms with Gasteiger partial charge >= 0.3 is 17.6 Å². The lowest BCUT2D eigenvalue weighted by molar-refractivity contribution is -0.136. The van der Waals surface area contributed by atoms with E-state index >= 15 is 0 Å². The van der Waals surface area contributed by atoms with Crippen LogP contribution >= 0.6 is 0 Å². The van der Waals surface area contributed by atoms with Gasteiger partial charge in [0.2, 0.25) is 0 Å². The first kappa shape index (κ1) is 24.6. The van der Waals surface area contributed by atoms with Gasteiger partial charge in [0.05, 0.1) is 25.4 Å². The first-order valence-corrected chi connectivity index (χ1v) is 11.2. The smallest absolute Gasteiger partial charge is 0.339 e. The number of carbonyl (C=O) groups is 2. The zero-order valence-electron chi connectivity index (χ0n) is 19.1. The molecule has 10 heteroatoms. The molecular formula is C24H23N3O6S. The van der Waals surface area contributed by atoms with Crippen molar-refractivity contribution >= 4 is 34.0 Å². The fraction of sp³-hybridized carbons (Fsp3) is 0.167. The molecule has 3 rings (SSSR count). The SMILES string of the molecule is COC(=O)/C=C(\C(=O)OC)c1c(N=S(c2ccccc2)c2ccccc2)n(C)c(=O)n(C)c1=O. The Labute approximate surface area is 198 Å². The van der Waals surface area contributed by atoms with Crippen molar-refractivity contribution in [1.29, 1.82) is 0 Å². The number of hydrogen-bond acceptors (Lipinski definition) is 7. The van der Waals surface area contributed by atoms with Crippen LogP contribution in [0, 0.1) is 0 Å². The molecule has 1 heterocycles. The van der Waals surface area contributed by atoms with Gasteiger partial charge in [0.1, 0.15) is 0 Å². The Morgan fingerprint density at radius 3 is 1.85 bits per heavy atom. The maximum atomic E-state index is 13.2. The fourth-order valence-electron chi connectivity index (χ4n) is 3.12. The van der Waals surface area contributed by atoms with Crippen molar-refractivity contribution in [3.8, 4) is 0 Å². The molecule has 176 valence electrons. The molecular weight excluding hydrogens is 458 g/mol. The maximum Gasteiger partial charge on any atom is 0.339 e. The van der Waals surface area contributed by atoms with Gasteiger partial charge in [-0.15, -0.1) is 0 Å². The minimum absolute atomic E-state index is 0.0651. The third kappa shape index (κ3) is 4.96. The van der Waals surface area contributed by atoms with E-state index in [1.807, 2.05) is 60.7 Å². The summed E-state index contributed by atoms with van der Waals surface area (Å²) >= 11 is 0. The van der Waals surface area contributed by atoms with Crippen molar-refractivity contribution in [2.45, 2.75) is 9.79 Å². The molecule has 9 nitrogen and oxygen atoms in total. The summed E-state index contributed by atoms with van der Waals surface area (Å²) in [5.41, 5.74) is -2.05. The quantitative estimate of drug-likeness (QED) is 0.395. The van der Waals surface area contributed by atoms with Gasteiger partial charge in [-0.05, 0) is 35.0 Å². The monoisotopic (exact) mass is 481 g/mol. The predicted molar refractivity (Wildman–Crippen MR) is 128 cm³/mol. The molecule has 0 atom stereocenters. The number of methoxy groups -OCH3 is 2. The normalized spacial score (nSPS) is 11.3. The number of benzene rings is 2. The van der Waals surface area contributed by atoms with Gasteiger partial charge in [0.25, 0.3) is 5.56 Å². The Balaban J connectivity index is 2.48. The molecule has 0 unspecified atom stereocenters. The molecule has 2 aromatic carbocycles. The van der Waals surface area contributed by atoms with Crippen molar-refractivity contribution in [3.63, 3.8) is 0 Å². The highest BCUT2D eigenvalue weighted by Gasteiger charge is 2.26. The lowest BCUT2D eigenvalue weighted by Crippen LogP contribution is -2.39. The number of esters is 2. The van der Waals surface area contributed by atoms with Crippen LogP contribution in [-0.4, -0.2) is 35.3 Å². The molecule has 3 aromatic rings.